The normalized spacial score (nSPS) is 10.4. The van der Waals surface area contributed by atoms with Crippen LogP contribution in [0.5, 0.6) is 0 Å². The molecule has 122 valence electrons. The van der Waals surface area contributed by atoms with E-state index >= 15 is 0 Å². The third-order valence-corrected chi connectivity index (χ3v) is 3.65. The Kier molecular flexibility index (Phi) is 4.15. The Hall–Kier alpha value is -3.35. The first kappa shape index (κ1) is 15.5. The Morgan fingerprint density at radius 3 is 2.29 bits per heavy atom. The number of benzene rings is 1. The summed E-state index contributed by atoms with van der Waals surface area (Å²) in [6.45, 7) is 3.46. The minimum Gasteiger partial charge on any atom is -0.469 e. The molecule has 2 N–H and O–H groups in total. The van der Waals surface area contributed by atoms with Crippen LogP contribution in [0.1, 0.15) is 32.2 Å². The molecule has 2 amide bonds. The van der Waals surface area contributed by atoms with Gasteiger partial charge in [0.25, 0.3) is 11.8 Å². The monoisotopic (exact) mass is 324 g/mol. The summed E-state index contributed by atoms with van der Waals surface area (Å²) in [5.74, 6) is -0.401. The molecule has 7 heteroatoms. The molecule has 7 nitrogen and oxygen atoms in total. The van der Waals surface area contributed by atoms with Gasteiger partial charge in [0.2, 0.25) is 0 Å². The number of rotatable bonds is 3. The minimum absolute atomic E-state index is 0.368. The summed E-state index contributed by atoms with van der Waals surface area (Å²) < 4.78 is 6.73. The molecule has 0 aliphatic rings. The second-order valence-corrected chi connectivity index (χ2v) is 5.19. The van der Waals surface area contributed by atoms with E-state index in [1.54, 1.807) is 18.5 Å². The van der Waals surface area contributed by atoms with E-state index in [2.05, 4.69) is 16.0 Å². The zero-order valence-electron chi connectivity index (χ0n) is 13.2. The molecule has 3 rings (SSSR count). The minimum atomic E-state index is -0.442. The van der Waals surface area contributed by atoms with Crippen molar-refractivity contribution in [2.75, 3.05) is 0 Å². The van der Waals surface area contributed by atoms with Crippen molar-refractivity contribution in [1.29, 1.82) is 0 Å². The number of furan rings is 1. The highest BCUT2D eigenvalue weighted by molar-refractivity contribution is 5.99. The van der Waals surface area contributed by atoms with Crippen LogP contribution in [0.4, 0.5) is 0 Å². The van der Waals surface area contributed by atoms with Gasteiger partial charge in [0, 0.05) is 0 Å². The van der Waals surface area contributed by atoms with Gasteiger partial charge in [0.1, 0.15) is 5.76 Å². The Morgan fingerprint density at radius 2 is 1.67 bits per heavy atom. The predicted octanol–water partition coefficient (Wildman–Crippen LogP) is 2.16. The molecule has 0 unspecified atom stereocenters. The number of carbonyl (C=O) groups is 2. The molecule has 0 saturated heterocycles. The molecule has 24 heavy (non-hydrogen) atoms. The van der Waals surface area contributed by atoms with Crippen LogP contribution in [0.3, 0.4) is 0 Å². The Labute approximate surface area is 138 Å². The SMILES string of the molecule is Cc1occc1C(=O)NNC(=O)c1cnn(-c2ccccc2)c1C. The van der Waals surface area contributed by atoms with E-state index in [4.69, 9.17) is 4.42 Å². The van der Waals surface area contributed by atoms with Crippen LogP contribution in [-0.2, 0) is 0 Å². The fourth-order valence-corrected chi connectivity index (χ4v) is 2.33. The number of hydrogen-bond donors (Lipinski definition) is 2. The molecule has 0 aliphatic heterocycles. The van der Waals surface area contributed by atoms with Gasteiger partial charge in [-0.15, -0.1) is 0 Å². The van der Waals surface area contributed by atoms with E-state index in [0.717, 1.165) is 5.69 Å². The van der Waals surface area contributed by atoms with Crippen LogP contribution >= 0.6 is 0 Å². The second-order valence-electron chi connectivity index (χ2n) is 5.19. The summed E-state index contributed by atoms with van der Waals surface area (Å²) in [5, 5.41) is 4.23. The molecule has 0 fully saturated rings. The van der Waals surface area contributed by atoms with Crippen LogP contribution < -0.4 is 10.9 Å². The Bertz CT molecular complexity index is 880. The quantitative estimate of drug-likeness (QED) is 0.723. The van der Waals surface area contributed by atoms with Gasteiger partial charge in [0.15, 0.2) is 0 Å². The highest BCUT2D eigenvalue weighted by Gasteiger charge is 2.17. The summed E-state index contributed by atoms with van der Waals surface area (Å²) in [5.41, 5.74) is 7.02. The first-order chi connectivity index (χ1) is 11.6. The Balaban J connectivity index is 1.71. The molecule has 0 saturated carbocycles. The number of nitrogens with zero attached hydrogens (tertiary/aromatic N) is 2. The lowest BCUT2D eigenvalue weighted by molar-refractivity contribution is 0.0845. The zero-order chi connectivity index (χ0) is 17.1. The van der Waals surface area contributed by atoms with E-state index in [1.165, 1.54) is 18.5 Å². The van der Waals surface area contributed by atoms with E-state index in [1.807, 2.05) is 30.3 Å². The molecule has 0 radical (unpaired) electrons. The maximum absolute atomic E-state index is 12.3. The molecule has 1 aromatic carbocycles. The van der Waals surface area contributed by atoms with Crippen LogP contribution in [0.15, 0.2) is 53.3 Å². The van der Waals surface area contributed by atoms with Gasteiger partial charge in [-0.3, -0.25) is 20.4 Å². The number of para-hydroxylation sites is 1. The topological polar surface area (TPSA) is 89.2 Å². The third kappa shape index (κ3) is 2.91. The van der Waals surface area contributed by atoms with Crippen molar-refractivity contribution < 1.29 is 14.0 Å². The number of hydrogen-bond acceptors (Lipinski definition) is 4. The van der Waals surface area contributed by atoms with Crippen LogP contribution in [0.25, 0.3) is 5.69 Å². The molecule has 0 aliphatic carbocycles. The standard InChI is InChI=1S/C17H16N4O3/c1-11-15(10-18-21(11)13-6-4-3-5-7-13)17(23)20-19-16(22)14-8-9-24-12(14)2/h3-10H,1-2H3,(H,19,22)(H,20,23). The van der Waals surface area contributed by atoms with Gasteiger partial charge in [-0.05, 0) is 32.0 Å². The molecule has 0 atom stereocenters. The lowest BCUT2D eigenvalue weighted by Gasteiger charge is -2.07. The van der Waals surface area contributed by atoms with Crippen molar-refractivity contribution in [2.45, 2.75) is 13.8 Å². The summed E-state index contributed by atoms with van der Waals surface area (Å²) >= 11 is 0. The summed E-state index contributed by atoms with van der Waals surface area (Å²) in [4.78, 5) is 24.2. The summed E-state index contributed by atoms with van der Waals surface area (Å²) in [6, 6.07) is 11.0. The van der Waals surface area contributed by atoms with Crippen LogP contribution in [0, 0.1) is 13.8 Å². The lowest BCUT2D eigenvalue weighted by Crippen LogP contribution is -2.41. The van der Waals surface area contributed by atoms with Crippen molar-refractivity contribution >= 4 is 11.8 Å². The largest absolute Gasteiger partial charge is 0.469 e. The fraction of sp³-hybridized carbons (Fsp3) is 0.118. The van der Waals surface area contributed by atoms with Gasteiger partial charge in [-0.2, -0.15) is 5.10 Å². The van der Waals surface area contributed by atoms with Crippen LogP contribution in [0.2, 0.25) is 0 Å². The number of aromatic nitrogens is 2. The summed E-state index contributed by atoms with van der Waals surface area (Å²) in [7, 11) is 0. The smallest absolute Gasteiger partial charge is 0.273 e. The molecule has 2 heterocycles. The maximum atomic E-state index is 12.3. The van der Waals surface area contributed by atoms with Crippen molar-refractivity contribution in [2.24, 2.45) is 0 Å². The van der Waals surface area contributed by atoms with Crippen molar-refractivity contribution in [3.63, 3.8) is 0 Å². The second kappa shape index (κ2) is 6.41. The van der Waals surface area contributed by atoms with Crippen LogP contribution in [-0.4, -0.2) is 21.6 Å². The molecule has 2 aromatic heterocycles. The van der Waals surface area contributed by atoms with E-state index < -0.39 is 11.8 Å². The first-order valence-electron chi connectivity index (χ1n) is 7.32. The number of nitrogens with one attached hydrogen (secondary N) is 2. The van der Waals surface area contributed by atoms with Gasteiger partial charge in [0.05, 0.1) is 35.0 Å². The maximum Gasteiger partial charge on any atom is 0.273 e. The van der Waals surface area contributed by atoms with Gasteiger partial charge >= 0.3 is 0 Å². The molecule has 0 spiro atoms. The van der Waals surface area contributed by atoms with E-state index in [-0.39, 0.29) is 0 Å². The lowest BCUT2D eigenvalue weighted by atomic mass is 10.2. The Morgan fingerprint density at radius 1 is 1.00 bits per heavy atom. The van der Waals surface area contributed by atoms with Gasteiger partial charge < -0.3 is 4.42 Å². The highest BCUT2D eigenvalue weighted by atomic mass is 16.3. The van der Waals surface area contributed by atoms with Gasteiger partial charge in [-0.25, -0.2) is 4.68 Å². The van der Waals surface area contributed by atoms with E-state index in [0.29, 0.717) is 22.6 Å². The zero-order valence-corrected chi connectivity index (χ0v) is 13.2. The first-order valence-corrected chi connectivity index (χ1v) is 7.32. The molecule has 3 aromatic rings. The van der Waals surface area contributed by atoms with Crippen molar-refractivity contribution in [3.05, 3.63) is 71.4 Å². The molecule has 0 bridgehead atoms. The average molecular weight is 324 g/mol. The van der Waals surface area contributed by atoms with Crippen molar-refractivity contribution in [3.8, 4) is 5.69 Å². The predicted molar refractivity (Wildman–Crippen MR) is 86.7 cm³/mol. The van der Waals surface area contributed by atoms with Crippen molar-refractivity contribution in [1.82, 2.24) is 20.6 Å². The highest BCUT2D eigenvalue weighted by Crippen LogP contribution is 2.13. The van der Waals surface area contributed by atoms with E-state index in [9.17, 15) is 9.59 Å². The number of hydrazine groups is 1. The number of carbonyl (C=O) groups excluding carboxylic acids is 2. The summed E-state index contributed by atoms with van der Waals surface area (Å²) in [6.07, 6.45) is 2.88. The average Bonchev–Trinajstić information content (AvgIpc) is 3.19. The molecular formula is C17H16N4O3. The number of aryl methyl sites for hydroxylation is 1. The number of amides is 2. The molecular weight excluding hydrogens is 308 g/mol. The fourth-order valence-electron chi connectivity index (χ4n) is 2.33. The van der Waals surface area contributed by atoms with Gasteiger partial charge in [-0.1, -0.05) is 18.2 Å². The third-order valence-electron chi connectivity index (χ3n) is 3.65.